The summed E-state index contributed by atoms with van der Waals surface area (Å²) in [6, 6.07) is 13.2. The highest BCUT2D eigenvalue weighted by Crippen LogP contribution is 2.18. The van der Waals surface area contributed by atoms with E-state index >= 15 is 0 Å². The zero-order valence-electron chi connectivity index (χ0n) is 15.2. The van der Waals surface area contributed by atoms with Crippen molar-refractivity contribution in [3.8, 4) is 5.75 Å². The fraction of sp³-hybridized carbons (Fsp3) is 0.238. The highest BCUT2D eigenvalue weighted by Gasteiger charge is 2.10. The third-order valence-electron chi connectivity index (χ3n) is 4.55. The Bertz CT molecular complexity index is 1020. The summed E-state index contributed by atoms with van der Waals surface area (Å²) in [4.78, 5) is 27.4. The molecule has 0 bridgehead atoms. The minimum atomic E-state index is -0.182. The van der Waals surface area contributed by atoms with Crippen LogP contribution in [0.2, 0.25) is 0 Å². The lowest BCUT2D eigenvalue weighted by Crippen LogP contribution is -2.28. The van der Waals surface area contributed by atoms with Crippen molar-refractivity contribution in [1.82, 2.24) is 10.3 Å². The predicted molar refractivity (Wildman–Crippen MR) is 103 cm³/mol. The van der Waals surface area contributed by atoms with Crippen LogP contribution in [0.15, 0.2) is 47.3 Å². The number of amides is 1. The molecule has 0 saturated heterocycles. The maximum atomic E-state index is 12.3. The number of ether oxygens (including phenoxy) is 1. The summed E-state index contributed by atoms with van der Waals surface area (Å²) in [6.07, 6.45) is 0.202. The molecule has 0 unspecified atom stereocenters. The maximum Gasteiger partial charge on any atom is 0.253 e. The van der Waals surface area contributed by atoms with Gasteiger partial charge in [-0.1, -0.05) is 18.2 Å². The van der Waals surface area contributed by atoms with Crippen LogP contribution in [0.5, 0.6) is 5.75 Å². The van der Waals surface area contributed by atoms with E-state index < -0.39 is 0 Å². The Balaban J connectivity index is 1.75. The Morgan fingerprint density at radius 1 is 1.08 bits per heavy atom. The molecule has 0 aliphatic heterocycles. The Kier molecular flexibility index (Phi) is 5.07. The van der Waals surface area contributed by atoms with E-state index in [0.29, 0.717) is 11.3 Å². The molecule has 1 aromatic heterocycles. The summed E-state index contributed by atoms with van der Waals surface area (Å²) in [5, 5.41) is 3.78. The van der Waals surface area contributed by atoms with Crippen LogP contribution in [0.3, 0.4) is 0 Å². The summed E-state index contributed by atoms with van der Waals surface area (Å²) in [5.41, 5.74) is 4.27. The average Bonchev–Trinajstić information content (AvgIpc) is 2.62. The van der Waals surface area contributed by atoms with Crippen LogP contribution in [0.1, 0.15) is 22.3 Å². The van der Waals surface area contributed by atoms with Crippen molar-refractivity contribution in [3.63, 3.8) is 0 Å². The Labute approximate surface area is 152 Å². The molecule has 0 spiro atoms. The molecular formula is C21H22N2O3. The lowest BCUT2D eigenvalue weighted by molar-refractivity contribution is -0.120. The number of aryl methyl sites for hydroxylation is 2. The molecule has 2 N–H and O–H groups in total. The van der Waals surface area contributed by atoms with Crippen molar-refractivity contribution in [3.05, 3.63) is 75.1 Å². The van der Waals surface area contributed by atoms with E-state index in [9.17, 15) is 9.59 Å². The second-order valence-electron chi connectivity index (χ2n) is 6.41. The van der Waals surface area contributed by atoms with E-state index in [1.165, 1.54) is 0 Å². The van der Waals surface area contributed by atoms with Crippen molar-refractivity contribution in [1.29, 1.82) is 0 Å². The van der Waals surface area contributed by atoms with Gasteiger partial charge in [-0.2, -0.15) is 0 Å². The number of methoxy groups -OCH3 is 1. The molecule has 0 fully saturated rings. The number of hydrogen-bond donors (Lipinski definition) is 2. The molecule has 3 aromatic rings. The second-order valence-corrected chi connectivity index (χ2v) is 6.41. The monoisotopic (exact) mass is 350 g/mol. The first-order chi connectivity index (χ1) is 12.5. The van der Waals surface area contributed by atoms with Crippen LogP contribution in [0.25, 0.3) is 10.9 Å². The van der Waals surface area contributed by atoms with Crippen molar-refractivity contribution in [2.75, 3.05) is 7.11 Å². The fourth-order valence-corrected chi connectivity index (χ4v) is 2.93. The number of nitrogens with one attached hydrogen (secondary N) is 2. The number of hydrogen-bond acceptors (Lipinski definition) is 3. The number of carbonyl (C=O) groups is 1. The zero-order valence-corrected chi connectivity index (χ0v) is 15.2. The van der Waals surface area contributed by atoms with Gasteiger partial charge in [0.2, 0.25) is 5.91 Å². The zero-order chi connectivity index (χ0) is 18.7. The number of carbonyl (C=O) groups excluding carboxylic acids is 1. The van der Waals surface area contributed by atoms with Crippen LogP contribution >= 0.6 is 0 Å². The van der Waals surface area contributed by atoms with Crippen LogP contribution in [-0.2, 0) is 17.8 Å². The van der Waals surface area contributed by atoms with Gasteiger partial charge < -0.3 is 15.0 Å². The molecule has 0 aliphatic carbocycles. The first-order valence-electron chi connectivity index (χ1n) is 8.49. The minimum Gasteiger partial charge on any atom is -0.496 e. The van der Waals surface area contributed by atoms with E-state index in [2.05, 4.69) is 10.3 Å². The fourth-order valence-electron chi connectivity index (χ4n) is 2.93. The molecular weight excluding hydrogens is 328 g/mol. The molecule has 1 amide bonds. The third kappa shape index (κ3) is 3.77. The Morgan fingerprint density at radius 2 is 1.81 bits per heavy atom. The number of aromatic amines is 1. The molecule has 5 heteroatoms. The summed E-state index contributed by atoms with van der Waals surface area (Å²) >= 11 is 0. The molecule has 26 heavy (non-hydrogen) atoms. The number of H-pyrrole nitrogens is 1. The Hall–Kier alpha value is -3.08. The molecule has 2 aromatic carbocycles. The van der Waals surface area contributed by atoms with Gasteiger partial charge in [0, 0.05) is 23.2 Å². The summed E-state index contributed by atoms with van der Waals surface area (Å²) < 4.78 is 5.26. The average molecular weight is 350 g/mol. The van der Waals surface area contributed by atoms with E-state index in [-0.39, 0.29) is 24.4 Å². The largest absolute Gasteiger partial charge is 0.496 e. The van der Waals surface area contributed by atoms with Gasteiger partial charge in [0.25, 0.3) is 5.56 Å². The highest BCUT2D eigenvalue weighted by atomic mass is 16.5. The van der Waals surface area contributed by atoms with Gasteiger partial charge in [-0.15, -0.1) is 0 Å². The van der Waals surface area contributed by atoms with Crippen LogP contribution in [0, 0.1) is 13.8 Å². The number of fused-ring (bicyclic) bond motifs is 1. The summed E-state index contributed by atoms with van der Waals surface area (Å²) in [5.74, 6) is 0.520. The molecule has 3 rings (SSSR count). The van der Waals surface area contributed by atoms with Crippen LogP contribution < -0.4 is 15.6 Å². The van der Waals surface area contributed by atoms with E-state index in [4.69, 9.17) is 4.74 Å². The van der Waals surface area contributed by atoms with Gasteiger partial charge in [0.15, 0.2) is 0 Å². The predicted octanol–water partition coefficient (Wildman–Crippen LogP) is 3.01. The first kappa shape index (κ1) is 17.7. The maximum absolute atomic E-state index is 12.3. The summed E-state index contributed by atoms with van der Waals surface area (Å²) in [6.45, 7) is 4.24. The van der Waals surface area contributed by atoms with Gasteiger partial charge in [-0.05, 0) is 54.6 Å². The van der Waals surface area contributed by atoms with Gasteiger partial charge in [-0.3, -0.25) is 9.59 Å². The van der Waals surface area contributed by atoms with Crippen molar-refractivity contribution in [2.45, 2.75) is 26.8 Å². The van der Waals surface area contributed by atoms with Crippen LogP contribution in [0.4, 0.5) is 0 Å². The number of pyridine rings is 1. The molecule has 0 atom stereocenters. The Morgan fingerprint density at radius 3 is 2.58 bits per heavy atom. The molecule has 1 heterocycles. The highest BCUT2D eigenvalue weighted by molar-refractivity contribution is 5.81. The topological polar surface area (TPSA) is 71.2 Å². The minimum absolute atomic E-state index is 0.158. The number of para-hydroxylation sites is 1. The number of rotatable bonds is 5. The molecule has 0 radical (unpaired) electrons. The lowest BCUT2D eigenvalue weighted by Gasteiger charge is -2.10. The quantitative estimate of drug-likeness (QED) is 0.743. The second kappa shape index (κ2) is 7.44. The van der Waals surface area contributed by atoms with E-state index in [1.54, 1.807) is 7.11 Å². The van der Waals surface area contributed by atoms with Crippen molar-refractivity contribution in [2.24, 2.45) is 0 Å². The standard InChI is InChI=1S/C21H22N2O3/c1-13-8-16-10-17(21(25)23-18(16)9-14(13)2)12-22-20(24)11-15-6-4-5-7-19(15)26-3/h4-10H,11-12H2,1-3H3,(H,22,24)(H,23,25). The molecule has 0 saturated carbocycles. The molecule has 0 aliphatic rings. The third-order valence-corrected chi connectivity index (χ3v) is 4.55. The summed E-state index contributed by atoms with van der Waals surface area (Å²) in [7, 11) is 1.58. The van der Waals surface area contributed by atoms with E-state index in [1.807, 2.05) is 56.3 Å². The van der Waals surface area contributed by atoms with Crippen molar-refractivity contribution >= 4 is 16.8 Å². The molecule has 134 valence electrons. The molecule has 5 nitrogen and oxygen atoms in total. The van der Waals surface area contributed by atoms with Crippen LogP contribution in [-0.4, -0.2) is 18.0 Å². The number of aromatic nitrogens is 1. The van der Waals surface area contributed by atoms with E-state index in [0.717, 1.165) is 27.6 Å². The number of benzene rings is 2. The van der Waals surface area contributed by atoms with Gasteiger partial charge in [0.1, 0.15) is 5.75 Å². The smallest absolute Gasteiger partial charge is 0.253 e. The van der Waals surface area contributed by atoms with Gasteiger partial charge in [-0.25, -0.2) is 0 Å². The lowest BCUT2D eigenvalue weighted by atomic mass is 10.0. The first-order valence-corrected chi connectivity index (χ1v) is 8.49. The van der Waals surface area contributed by atoms with Gasteiger partial charge in [0.05, 0.1) is 13.5 Å². The van der Waals surface area contributed by atoms with Gasteiger partial charge >= 0.3 is 0 Å². The van der Waals surface area contributed by atoms with Crippen molar-refractivity contribution < 1.29 is 9.53 Å². The normalized spacial score (nSPS) is 10.7. The SMILES string of the molecule is COc1ccccc1CC(=O)NCc1cc2cc(C)c(C)cc2[nH]c1=O.